The van der Waals surface area contributed by atoms with Gasteiger partial charge in [0.05, 0.1) is 12.1 Å². The molecule has 6 heteroatoms. The largest absolute Gasteiger partial charge is 0.381 e. The lowest BCUT2D eigenvalue weighted by atomic mass is 10.00. The SMILES string of the molecule is CC(NC(=O)[C@H]1CCCC(=O)N1)C(OC1CCOCC1)c1ccccc1. The van der Waals surface area contributed by atoms with Crippen molar-refractivity contribution < 1.29 is 19.1 Å². The van der Waals surface area contributed by atoms with Crippen LogP contribution in [0.2, 0.25) is 0 Å². The van der Waals surface area contributed by atoms with E-state index in [1.54, 1.807) is 0 Å². The Hall–Kier alpha value is -1.92. The van der Waals surface area contributed by atoms with Gasteiger partial charge in [-0.2, -0.15) is 0 Å². The Labute approximate surface area is 154 Å². The van der Waals surface area contributed by atoms with Crippen LogP contribution in [0.3, 0.4) is 0 Å². The summed E-state index contributed by atoms with van der Waals surface area (Å²) in [5.74, 6) is -0.191. The number of nitrogens with one attached hydrogen (secondary N) is 2. The van der Waals surface area contributed by atoms with Crippen LogP contribution in [0.25, 0.3) is 0 Å². The van der Waals surface area contributed by atoms with Gasteiger partial charge in [0.25, 0.3) is 0 Å². The summed E-state index contributed by atoms with van der Waals surface area (Å²) in [4.78, 5) is 24.1. The van der Waals surface area contributed by atoms with Crippen molar-refractivity contribution in [3.63, 3.8) is 0 Å². The highest BCUT2D eigenvalue weighted by Gasteiger charge is 2.30. The Bertz CT molecular complexity index is 601. The molecular formula is C20H28N2O4. The van der Waals surface area contributed by atoms with Gasteiger partial charge in [-0.3, -0.25) is 9.59 Å². The van der Waals surface area contributed by atoms with E-state index in [1.165, 1.54) is 0 Å². The van der Waals surface area contributed by atoms with Crippen molar-refractivity contribution in [3.05, 3.63) is 35.9 Å². The Kier molecular flexibility index (Phi) is 6.63. The fourth-order valence-corrected chi connectivity index (χ4v) is 3.55. The lowest BCUT2D eigenvalue weighted by Gasteiger charge is -2.33. The first-order valence-electron chi connectivity index (χ1n) is 9.51. The van der Waals surface area contributed by atoms with Crippen molar-refractivity contribution in [2.75, 3.05) is 13.2 Å². The number of benzene rings is 1. The number of carbonyl (C=O) groups is 2. The van der Waals surface area contributed by atoms with Crippen LogP contribution in [0.5, 0.6) is 0 Å². The molecule has 26 heavy (non-hydrogen) atoms. The molecule has 2 amide bonds. The molecule has 6 nitrogen and oxygen atoms in total. The molecule has 2 N–H and O–H groups in total. The number of hydrogen-bond acceptors (Lipinski definition) is 4. The van der Waals surface area contributed by atoms with E-state index >= 15 is 0 Å². The molecule has 2 unspecified atom stereocenters. The zero-order valence-corrected chi connectivity index (χ0v) is 15.3. The maximum atomic E-state index is 12.6. The van der Waals surface area contributed by atoms with E-state index in [-0.39, 0.29) is 30.1 Å². The maximum absolute atomic E-state index is 12.6. The second kappa shape index (κ2) is 9.14. The van der Waals surface area contributed by atoms with Crippen molar-refractivity contribution in [2.45, 2.75) is 63.3 Å². The zero-order valence-electron chi connectivity index (χ0n) is 15.3. The maximum Gasteiger partial charge on any atom is 0.242 e. The van der Waals surface area contributed by atoms with Crippen molar-refractivity contribution in [1.29, 1.82) is 0 Å². The van der Waals surface area contributed by atoms with Gasteiger partial charge in [-0.15, -0.1) is 0 Å². The number of hydrogen-bond donors (Lipinski definition) is 2. The molecule has 0 aromatic heterocycles. The standard InChI is InChI=1S/C20H28N2O4/c1-14(21-20(24)17-8-5-9-18(23)22-17)19(15-6-3-2-4-7-15)26-16-10-12-25-13-11-16/h2-4,6-7,14,16-17,19H,5,8-13H2,1H3,(H,21,24)(H,22,23)/t14?,17-,19?/m1/s1. The number of rotatable bonds is 6. The highest BCUT2D eigenvalue weighted by molar-refractivity contribution is 5.88. The third-order valence-electron chi connectivity index (χ3n) is 5.01. The molecule has 1 aromatic carbocycles. The van der Waals surface area contributed by atoms with Gasteiger partial charge in [-0.05, 0) is 38.2 Å². The molecule has 0 spiro atoms. The highest BCUT2D eigenvalue weighted by atomic mass is 16.5. The van der Waals surface area contributed by atoms with Crippen LogP contribution in [-0.4, -0.2) is 43.2 Å². The van der Waals surface area contributed by atoms with Crippen LogP contribution < -0.4 is 10.6 Å². The van der Waals surface area contributed by atoms with E-state index in [4.69, 9.17) is 9.47 Å². The first-order chi connectivity index (χ1) is 12.6. The molecule has 2 saturated heterocycles. The summed E-state index contributed by atoms with van der Waals surface area (Å²) in [5.41, 5.74) is 1.04. The summed E-state index contributed by atoms with van der Waals surface area (Å²) in [7, 11) is 0. The fraction of sp³-hybridized carbons (Fsp3) is 0.600. The lowest BCUT2D eigenvalue weighted by Crippen LogP contribution is -2.52. The first-order valence-corrected chi connectivity index (χ1v) is 9.51. The minimum Gasteiger partial charge on any atom is -0.381 e. The van der Waals surface area contributed by atoms with Crippen molar-refractivity contribution >= 4 is 11.8 Å². The summed E-state index contributed by atoms with van der Waals surface area (Å²) in [6.45, 7) is 3.38. The van der Waals surface area contributed by atoms with Gasteiger partial charge in [0.2, 0.25) is 11.8 Å². The summed E-state index contributed by atoms with van der Waals surface area (Å²) in [6, 6.07) is 9.32. The molecule has 2 aliphatic rings. The number of ether oxygens (including phenoxy) is 2. The first kappa shape index (κ1) is 18.9. The smallest absolute Gasteiger partial charge is 0.242 e. The number of carbonyl (C=O) groups excluding carboxylic acids is 2. The minimum atomic E-state index is -0.446. The molecule has 0 saturated carbocycles. The van der Waals surface area contributed by atoms with E-state index in [9.17, 15) is 9.59 Å². The third kappa shape index (κ3) is 5.05. The van der Waals surface area contributed by atoms with E-state index in [0.717, 1.165) is 24.8 Å². The normalized spacial score (nSPS) is 23.7. The average molecular weight is 360 g/mol. The molecule has 3 rings (SSSR count). The van der Waals surface area contributed by atoms with E-state index in [1.807, 2.05) is 37.3 Å². The Balaban J connectivity index is 1.66. The third-order valence-corrected chi connectivity index (χ3v) is 5.01. The monoisotopic (exact) mass is 360 g/mol. The van der Waals surface area contributed by atoms with Crippen molar-refractivity contribution in [1.82, 2.24) is 10.6 Å². The van der Waals surface area contributed by atoms with Crippen LogP contribution in [-0.2, 0) is 19.1 Å². The van der Waals surface area contributed by atoms with Crippen molar-refractivity contribution in [3.8, 4) is 0 Å². The summed E-state index contributed by atoms with van der Waals surface area (Å²) >= 11 is 0. The van der Waals surface area contributed by atoms with Gasteiger partial charge in [-0.25, -0.2) is 0 Å². The second-order valence-electron chi connectivity index (χ2n) is 7.09. The van der Waals surface area contributed by atoms with Gasteiger partial charge in [0.15, 0.2) is 0 Å². The van der Waals surface area contributed by atoms with Gasteiger partial charge in [0.1, 0.15) is 12.1 Å². The predicted molar refractivity (Wildman–Crippen MR) is 97.5 cm³/mol. The van der Waals surface area contributed by atoms with E-state index in [0.29, 0.717) is 26.1 Å². The number of piperidine rings is 1. The van der Waals surface area contributed by atoms with Gasteiger partial charge >= 0.3 is 0 Å². The zero-order chi connectivity index (χ0) is 18.4. The minimum absolute atomic E-state index is 0.0536. The fourth-order valence-electron chi connectivity index (χ4n) is 3.55. The summed E-state index contributed by atoms with van der Waals surface area (Å²) in [6.07, 6.45) is 3.55. The molecule has 2 fully saturated rings. The molecule has 3 atom stereocenters. The Morgan fingerprint density at radius 2 is 1.96 bits per heavy atom. The average Bonchev–Trinajstić information content (AvgIpc) is 2.67. The van der Waals surface area contributed by atoms with Gasteiger partial charge in [-0.1, -0.05) is 30.3 Å². The molecule has 1 aromatic rings. The second-order valence-corrected chi connectivity index (χ2v) is 7.09. The molecule has 2 aliphatic heterocycles. The van der Waals surface area contributed by atoms with E-state index in [2.05, 4.69) is 10.6 Å². The highest BCUT2D eigenvalue weighted by Crippen LogP contribution is 2.26. The quantitative estimate of drug-likeness (QED) is 0.814. The van der Waals surface area contributed by atoms with Crippen LogP contribution in [0.1, 0.15) is 50.7 Å². The van der Waals surface area contributed by atoms with E-state index < -0.39 is 6.04 Å². The summed E-state index contributed by atoms with van der Waals surface area (Å²) < 4.78 is 11.8. The van der Waals surface area contributed by atoms with Crippen LogP contribution in [0.15, 0.2) is 30.3 Å². The topological polar surface area (TPSA) is 76.7 Å². The number of amides is 2. The molecule has 0 radical (unpaired) electrons. The van der Waals surface area contributed by atoms with Gasteiger partial charge in [0, 0.05) is 19.6 Å². The molecule has 142 valence electrons. The molecular weight excluding hydrogens is 332 g/mol. The Morgan fingerprint density at radius 1 is 1.23 bits per heavy atom. The van der Waals surface area contributed by atoms with Crippen LogP contribution >= 0.6 is 0 Å². The van der Waals surface area contributed by atoms with Crippen LogP contribution in [0, 0.1) is 0 Å². The van der Waals surface area contributed by atoms with Crippen LogP contribution in [0.4, 0.5) is 0 Å². The summed E-state index contributed by atoms with van der Waals surface area (Å²) in [5, 5.41) is 5.82. The molecule has 2 heterocycles. The molecule has 0 aliphatic carbocycles. The van der Waals surface area contributed by atoms with Crippen molar-refractivity contribution in [2.24, 2.45) is 0 Å². The molecule has 0 bridgehead atoms. The Morgan fingerprint density at radius 3 is 2.65 bits per heavy atom. The lowest BCUT2D eigenvalue weighted by molar-refractivity contribution is -0.132. The van der Waals surface area contributed by atoms with Gasteiger partial charge < -0.3 is 20.1 Å². The predicted octanol–water partition coefficient (Wildman–Crippen LogP) is 2.10.